The summed E-state index contributed by atoms with van der Waals surface area (Å²) in [6.45, 7) is 9.78. The topological polar surface area (TPSA) is 62.8 Å². The molecule has 6 heteroatoms. The van der Waals surface area contributed by atoms with Crippen molar-refractivity contribution in [2.24, 2.45) is 0 Å². The number of alkyl carbamates (subject to hydrolysis) is 1. The van der Waals surface area contributed by atoms with Crippen molar-refractivity contribution >= 4 is 6.09 Å². The third kappa shape index (κ3) is 5.83. The summed E-state index contributed by atoms with van der Waals surface area (Å²) in [5.41, 5.74) is -0.442. The molecule has 3 aliphatic rings. The predicted octanol–water partition coefficient (Wildman–Crippen LogP) is 2.28. The normalized spacial score (nSPS) is 33.7. The lowest BCUT2D eigenvalue weighted by Crippen LogP contribution is -2.52. The Bertz CT molecular complexity index is 452. The van der Waals surface area contributed by atoms with E-state index in [0.29, 0.717) is 18.2 Å². The van der Waals surface area contributed by atoms with Crippen LogP contribution in [0.2, 0.25) is 0 Å². The van der Waals surface area contributed by atoms with Gasteiger partial charge in [-0.05, 0) is 65.8 Å². The van der Waals surface area contributed by atoms with Crippen molar-refractivity contribution in [1.82, 2.24) is 15.5 Å². The number of hydrogen-bond acceptors (Lipinski definition) is 5. The number of fused-ring (bicyclic) bond motifs is 1. The number of nitrogens with zero attached hydrogens (tertiary/aromatic N) is 1. The molecule has 2 heterocycles. The van der Waals surface area contributed by atoms with E-state index in [0.717, 1.165) is 39.0 Å². The Morgan fingerprint density at radius 2 is 2.00 bits per heavy atom. The molecule has 25 heavy (non-hydrogen) atoms. The van der Waals surface area contributed by atoms with Gasteiger partial charge in [0.05, 0.1) is 12.7 Å². The Morgan fingerprint density at radius 1 is 1.20 bits per heavy atom. The summed E-state index contributed by atoms with van der Waals surface area (Å²) >= 11 is 0. The Morgan fingerprint density at radius 3 is 2.80 bits per heavy atom. The molecule has 2 aliphatic heterocycles. The molecule has 3 rings (SSSR count). The quantitative estimate of drug-likeness (QED) is 0.812. The van der Waals surface area contributed by atoms with Crippen LogP contribution in [0.25, 0.3) is 0 Å². The zero-order valence-electron chi connectivity index (χ0n) is 16.1. The molecule has 3 fully saturated rings. The van der Waals surface area contributed by atoms with Crippen LogP contribution in [-0.2, 0) is 9.47 Å². The van der Waals surface area contributed by atoms with Gasteiger partial charge in [-0.15, -0.1) is 0 Å². The van der Waals surface area contributed by atoms with Gasteiger partial charge in [-0.2, -0.15) is 0 Å². The Kier molecular flexibility index (Phi) is 6.23. The molecule has 144 valence electrons. The molecule has 4 unspecified atom stereocenters. The molecule has 6 nitrogen and oxygen atoms in total. The molecular formula is C19H35N3O3. The third-order valence-corrected chi connectivity index (χ3v) is 5.49. The number of carbonyl (C=O) groups excluding carboxylic acids is 1. The number of carbonyl (C=O) groups is 1. The SMILES string of the molecule is CC(C)(C)OC(=O)NC1CCCC(NCC2CN3CCCC3CO2)C1. The van der Waals surface area contributed by atoms with Gasteiger partial charge < -0.3 is 20.1 Å². The van der Waals surface area contributed by atoms with Crippen molar-refractivity contribution in [2.75, 3.05) is 26.2 Å². The van der Waals surface area contributed by atoms with Crippen molar-refractivity contribution in [3.05, 3.63) is 0 Å². The molecule has 0 aromatic rings. The van der Waals surface area contributed by atoms with Crippen molar-refractivity contribution in [3.8, 4) is 0 Å². The van der Waals surface area contributed by atoms with Gasteiger partial charge in [0.25, 0.3) is 0 Å². The molecule has 0 aromatic carbocycles. The van der Waals surface area contributed by atoms with E-state index in [4.69, 9.17) is 9.47 Å². The van der Waals surface area contributed by atoms with Crippen LogP contribution in [-0.4, -0.2) is 67.1 Å². The van der Waals surface area contributed by atoms with Gasteiger partial charge in [0.1, 0.15) is 5.60 Å². The first-order valence-electron chi connectivity index (χ1n) is 9.97. The van der Waals surface area contributed by atoms with Crippen LogP contribution in [0.1, 0.15) is 59.3 Å². The van der Waals surface area contributed by atoms with Crippen molar-refractivity contribution < 1.29 is 14.3 Å². The van der Waals surface area contributed by atoms with Crippen LogP contribution in [0.4, 0.5) is 4.79 Å². The summed E-state index contributed by atoms with van der Waals surface area (Å²) in [4.78, 5) is 14.6. The predicted molar refractivity (Wildman–Crippen MR) is 97.8 cm³/mol. The minimum absolute atomic E-state index is 0.205. The smallest absolute Gasteiger partial charge is 0.407 e. The van der Waals surface area contributed by atoms with Gasteiger partial charge in [0.15, 0.2) is 0 Å². The molecule has 1 aliphatic carbocycles. The maximum absolute atomic E-state index is 12.0. The first-order valence-corrected chi connectivity index (χ1v) is 9.97. The molecule has 1 amide bonds. The first kappa shape index (κ1) is 18.9. The molecule has 0 radical (unpaired) electrons. The maximum Gasteiger partial charge on any atom is 0.407 e. The standard InChI is InChI=1S/C19H35N3O3/c1-19(2,3)25-18(23)21-15-7-4-6-14(10-15)20-11-17-12-22-9-5-8-16(22)13-24-17/h14-17,20H,4-13H2,1-3H3,(H,21,23). The van der Waals surface area contributed by atoms with E-state index in [9.17, 15) is 4.79 Å². The van der Waals surface area contributed by atoms with E-state index >= 15 is 0 Å². The molecular weight excluding hydrogens is 318 g/mol. The van der Waals surface area contributed by atoms with Crippen LogP contribution in [0.15, 0.2) is 0 Å². The van der Waals surface area contributed by atoms with Crippen molar-refractivity contribution in [1.29, 1.82) is 0 Å². The van der Waals surface area contributed by atoms with Crippen LogP contribution in [0, 0.1) is 0 Å². The summed E-state index contributed by atoms with van der Waals surface area (Å²) < 4.78 is 11.4. The lowest BCUT2D eigenvalue weighted by Gasteiger charge is -2.37. The van der Waals surface area contributed by atoms with Crippen molar-refractivity contribution in [3.63, 3.8) is 0 Å². The number of nitrogens with one attached hydrogen (secondary N) is 2. The van der Waals surface area contributed by atoms with Gasteiger partial charge >= 0.3 is 6.09 Å². The fourth-order valence-corrected chi connectivity index (χ4v) is 4.29. The molecule has 2 N–H and O–H groups in total. The number of rotatable bonds is 4. The van der Waals surface area contributed by atoms with Gasteiger partial charge in [-0.25, -0.2) is 4.79 Å². The lowest BCUT2D eigenvalue weighted by atomic mass is 9.91. The van der Waals surface area contributed by atoms with Crippen LogP contribution in [0.3, 0.4) is 0 Å². The Balaban J connectivity index is 1.37. The summed E-state index contributed by atoms with van der Waals surface area (Å²) in [7, 11) is 0. The monoisotopic (exact) mass is 353 g/mol. The summed E-state index contributed by atoms with van der Waals surface area (Å²) in [5, 5.41) is 6.71. The lowest BCUT2D eigenvalue weighted by molar-refractivity contribution is -0.0483. The highest BCUT2D eigenvalue weighted by atomic mass is 16.6. The second kappa shape index (κ2) is 8.23. The molecule has 4 atom stereocenters. The molecule has 0 bridgehead atoms. The van der Waals surface area contributed by atoms with Gasteiger partial charge in [-0.1, -0.05) is 0 Å². The molecule has 0 spiro atoms. The van der Waals surface area contributed by atoms with Crippen LogP contribution < -0.4 is 10.6 Å². The van der Waals surface area contributed by atoms with Crippen molar-refractivity contribution in [2.45, 2.75) is 89.1 Å². The summed E-state index contributed by atoms with van der Waals surface area (Å²) in [5.74, 6) is 0. The molecule has 1 saturated carbocycles. The van der Waals surface area contributed by atoms with E-state index < -0.39 is 5.60 Å². The number of morpholine rings is 1. The summed E-state index contributed by atoms with van der Waals surface area (Å²) in [6.07, 6.45) is 6.92. The Hall–Kier alpha value is -0.850. The van der Waals surface area contributed by atoms with E-state index in [1.54, 1.807) is 0 Å². The maximum atomic E-state index is 12.0. The zero-order chi connectivity index (χ0) is 17.9. The molecule has 2 saturated heterocycles. The minimum Gasteiger partial charge on any atom is -0.444 e. The summed E-state index contributed by atoms with van der Waals surface area (Å²) in [6, 6.07) is 1.32. The number of amides is 1. The minimum atomic E-state index is -0.442. The highest BCUT2D eigenvalue weighted by molar-refractivity contribution is 5.68. The fourth-order valence-electron chi connectivity index (χ4n) is 4.29. The van der Waals surface area contributed by atoms with Crippen LogP contribution in [0.5, 0.6) is 0 Å². The highest BCUT2D eigenvalue weighted by Crippen LogP contribution is 2.23. The molecule has 0 aromatic heterocycles. The van der Waals surface area contributed by atoms with Gasteiger partial charge in [-0.3, -0.25) is 4.90 Å². The van der Waals surface area contributed by atoms with E-state index in [1.165, 1.54) is 25.8 Å². The third-order valence-electron chi connectivity index (χ3n) is 5.49. The second-order valence-corrected chi connectivity index (χ2v) is 8.86. The average molecular weight is 354 g/mol. The van der Waals surface area contributed by atoms with Gasteiger partial charge in [0.2, 0.25) is 0 Å². The number of hydrogen-bond donors (Lipinski definition) is 2. The highest BCUT2D eigenvalue weighted by Gasteiger charge is 2.32. The van der Waals surface area contributed by atoms with Crippen LogP contribution >= 0.6 is 0 Å². The van der Waals surface area contributed by atoms with E-state index in [1.807, 2.05) is 20.8 Å². The van der Waals surface area contributed by atoms with E-state index in [-0.39, 0.29) is 12.1 Å². The van der Waals surface area contributed by atoms with Gasteiger partial charge in [0, 0.05) is 31.2 Å². The van der Waals surface area contributed by atoms with E-state index in [2.05, 4.69) is 15.5 Å². The average Bonchev–Trinajstić information content (AvgIpc) is 2.99. The number of ether oxygens (including phenoxy) is 2. The fraction of sp³-hybridized carbons (Fsp3) is 0.947. The second-order valence-electron chi connectivity index (χ2n) is 8.86. The Labute approximate surface area is 152 Å². The zero-order valence-corrected chi connectivity index (χ0v) is 16.1. The first-order chi connectivity index (χ1) is 11.9. The largest absolute Gasteiger partial charge is 0.444 e.